The maximum Gasteiger partial charge on any atom is 0.126 e. The second kappa shape index (κ2) is 4.14. The molecule has 0 aromatic heterocycles. The third-order valence-electron chi connectivity index (χ3n) is 3.02. The van der Waals surface area contributed by atoms with Gasteiger partial charge >= 0.3 is 0 Å². The van der Waals surface area contributed by atoms with Crippen LogP contribution in [0.1, 0.15) is 24.0 Å². The zero-order chi connectivity index (χ0) is 10.9. The minimum Gasteiger partial charge on any atom is -0.385 e. The Bertz CT molecular complexity index is 359. The number of hydrogen-bond acceptors (Lipinski definition) is 2. The quantitative estimate of drug-likeness (QED) is 0.794. The molecule has 0 bridgehead atoms. The van der Waals surface area contributed by atoms with Crippen LogP contribution < -0.4 is 0 Å². The van der Waals surface area contributed by atoms with E-state index in [1.54, 1.807) is 19.1 Å². The molecular weight excluding hydrogens is 211 g/mol. The van der Waals surface area contributed by atoms with Crippen molar-refractivity contribution in [2.45, 2.75) is 25.4 Å². The van der Waals surface area contributed by atoms with Crippen LogP contribution in [-0.4, -0.2) is 16.6 Å². The molecule has 0 spiro atoms. The van der Waals surface area contributed by atoms with Crippen LogP contribution in [-0.2, 0) is 5.60 Å². The molecule has 82 valence electrons. The van der Waals surface area contributed by atoms with Gasteiger partial charge in [0.25, 0.3) is 0 Å². The zero-order valence-corrected chi connectivity index (χ0v) is 9.61. The molecule has 2 rings (SSSR count). The van der Waals surface area contributed by atoms with E-state index < -0.39 is 5.60 Å². The van der Waals surface area contributed by atoms with Crippen molar-refractivity contribution in [2.24, 2.45) is 0 Å². The predicted molar refractivity (Wildman–Crippen MR) is 61.6 cm³/mol. The van der Waals surface area contributed by atoms with Gasteiger partial charge in [0.15, 0.2) is 0 Å². The molecule has 1 heterocycles. The normalized spacial score (nSPS) is 20.2. The fourth-order valence-electron chi connectivity index (χ4n) is 1.93. The molecule has 0 saturated carbocycles. The van der Waals surface area contributed by atoms with E-state index in [9.17, 15) is 9.50 Å². The summed E-state index contributed by atoms with van der Waals surface area (Å²) in [4.78, 5) is 0. The molecule has 0 unspecified atom stereocenters. The highest BCUT2D eigenvalue weighted by atomic mass is 32.2. The third kappa shape index (κ3) is 2.18. The Labute approximate surface area is 93.7 Å². The van der Waals surface area contributed by atoms with E-state index >= 15 is 0 Å². The molecule has 1 aliphatic rings. The van der Waals surface area contributed by atoms with Crippen LogP contribution in [0.3, 0.4) is 0 Å². The van der Waals surface area contributed by atoms with E-state index in [0.717, 1.165) is 29.9 Å². The average Bonchev–Trinajstić information content (AvgIpc) is 2.23. The Balaban J connectivity index is 2.31. The molecule has 1 aromatic carbocycles. The Hall–Kier alpha value is -0.540. The van der Waals surface area contributed by atoms with Crippen LogP contribution in [0.15, 0.2) is 18.2 Å². The van der Waals surface area contributed by atoms with E-state index in [-0.39, 0.29) is 5.82 Å². The van der Waals surface area contributed by atoms with Gasteiger partial charge in [-0.2, -0.15) is 11.8 Å². The lowest BCUT2D eigenvalue weighted by Crippen LogP contribution is -2.30. The second-order valence-corrected chi connectivity index (χ2v) is 5.33. The highest BCUT2D eigenvalue weighted by Gasteiger charge is 2.31. The van der Waals surface area contributed by atoms with Crippen molar-refractivity contribution in [1.82, 2.24) is 0 Å². The van der Waals surface area contributed by atoms with Gasteiger partial charge < -0.3 is 5.11 Å². The number of hydrogen-bond donors (Lipinski definition) is 1. The topological polar surface area (TPSA) is 20.2 Å². The van der Waals surface area contributed by atoms with E-state index in [1.807, 2.05) is 11.8 Å². The Kier molecular flexibility index (Phi) is 3.03. The highest BCUT2D eigenvalue weighted by molar-refractivity contribution is 7.99. The summed E-state index contributed by atoms with van der Waals surface area (Å²) in [7, 11) is 0. The lowest BCUT2D eigenvalue weighted by molar-refractivity contribution is 0.0280. The van der Waals surface area contributed by atoms with Crippen molar-refractivity contribution >= 4 is 11.8 Å². The minimum absolute atomic E-state index is 0.201. The molecule has 1 fully saturated rings. The van der Waals surface area contributed by atoms with Crippen LogP contribution >= 0.6 is 11.8 Å². The van der Waals surface area contributed by atoms with Crippen LogP contribution in [0.25, 0.3) is 0 Å². The monoisotopic (exact) mass is 226 g/mol. The van der Waals surface area contributed by atoms with Gasteiger partial charge in [-0.25, -0.2) is 4.39 Å². The molecule has 0 atom stereocenters. The minimum atomic E-state index is -0.732. The molecule has 1 aromatic rings. The van der Waals surface area contributed by atoms with E-state index in [2.05, 4.69) is 0 Å². The summed E-state index contributed by atoms with van der Waals surface area (Å²) in [6.45, 7) is 1.74. The number of benzene rings is 1. The molecular formula is C12H15FOS. The summed E-state index contributed by atoms with van der Waals surface area (Å²) < 4.78 is 13.1. The first-order chi connectivity index (χ1) is 7.12. The molecule has 15 heavy (non-hydrogen) atoms. The van der Waals surface area contributed by atoms with Crippen molar-refractivity contribution in [1.29, 1.82) is 0 Å². The summed E-state index contributed by atoms with van der Waals surface area (Å²) in [6, 6.07) is 4.92. The Morgan fingerprint density at radius 3 is 2.60 bits per heavy atom. The number of halogens is 1. The van der Waals surface area contributed by atoms with Crippen LogP contribution in [0.5, 0.6) is 0 Å². The van der Waals surface area contributed by atoms with Gasteiger partial charge in [0.05, 0.1) is 5.60 Å². The molecule has 3 heteroatoms. The molecule has 1 saturated heterocycles. The van der Waals surface area contributed by atoms with E-state index in [4.69, 9.17) is 0 Å². The standard InChI is InChI=1S/C12H15FOS/c1-9-8-10(2-3-11(9)13)12(14)4-6-15-7-5-12/h2-3,8,14H,4-7H2,1H3. The summed E-state index contributed by atoms with van der Waals surface area (Å²) in [6.07, 6.45) is 1.53. The zero-order valence-electron chi connectivity index (χ0n) is 8.79. The molecule has 1 nitrogen and oxygen atoms in total. The van der Waals surface area contributed by atoms with Crippen LogP contribution in [0, 0.1) is 12.7 Å². The SMILES string of the molecule is Cc1cc(C2(O)CCSCC2)ccc1F. The lowest BCUT2D eigenvalue weighted by Gasteiger charge is -2.32. The molecule has 1 aliphatic heterocycles. The fourth-order valence-corrected chi connectivity index (χ4v) is 3.10. The third-order valence-corrected chi connectivity index (χ3v) is 4.00. The number of aliphatic hydroxyl groups is 1. The van der Waals surface area contributed by atoms with Gasteiger partial charge in [-0.1, -0.05) is 12.1 Å². The molecule has 1 N–H and O–H groups in total. The molecule has 0 aliphatic carbocycles. The average molecular weight is 226 g/mol. The number of thioether (sulfide) groups is 1. The van der Waals surface area contributed by atoms with Gasteiger partial charge in [-0.3, -0.25) is 0 Å². The van der Waals surface area contributed by atoms with Crippen molar-refractivity contribution in [2.75, 3.05) is 11.5 Å². The Morgan fingerprint density at radius 1 is 1.33 bits per heavy atom. The largest absolute Gasteiger partial charge is 0.385 e. The van der Waals surface area contributed by atoms with Crippen LogP contribution in [0.4, 0.5) is 4.39 Å². The molecule has 0 amide bonds. The number of aryl methyl sites for hydroxylation is 1. The predicted octanol–water partition coefficient (Wildman–Crippen LogP) is 2.85. The fraction of sp³-hybridized carbons (Fsp3) is 0.500. The van der Waals surface area contributed by atoms with Gasteiger partial charge in [-0.15, -0.1) is 0 Å². The first-order valence-corrected chi connectivity index (χ1v) is 6.34. The van der Waals surface area contributed by atoms with Gasteiger partial charge in [0.2, 0.25) is 0 Å². The van der Waals surface area contributed by atoms with Crippen molar-refractivity contribution in [3.8, 4) is 0 Å². The maximum atomic E-state index is 13.1. The van der Waals surface area contributed by atoms with Gasteiger partial charge in [-0.05, 0) is 48.5 Å². The van der Waals surface area contributed by atoms with Crippen molar-refractivity contribution in [3.63, 3.8) is 0 Å². The van der Waals surface area contributed by atoms with Crippen LogP contribution in [0.2, 0.25) is 0 Å². The highest BCUT2D eigenvalue weighted by Crippen LogP contribution is 2.36. The van der Waals surface area contributed by atoms with E-state index in [0.29, 0.717) is 5.56 Å². The van der Waals surface area contributed by atoms with E-state index in [1.165, 1.54) is 6.07 Å². The first kappa shape index (κ1) is 11.0. The summed E-state index contributed by atoms with van der Waals surface area (Å²) >= 11 is 1.87. The summed E-state index contributed by atoms with van der Waals surface area (Å²) in [5, 5.41) is 10.4. The Morgan fingerprint density at radius 2 is 2.00 bits per heavy atom. The summed E-state index contributed by atoms with van der Waals surface area (Å²) in [5.74, 6) is 1.76. The maximum absolute atomic E-state index is 13.1. The van der Waals surface area contributed by atoms with Gasteiger partial charge in [0, 0.05) is 0 Å². The van der Waals surface area contributed by atoms with Gasteiger partial charge in [0.1, 0.15) is 5.82 Å². The van der Waals surface area contributed by atoms with Crippen molar-refractivity contribution in [3.05, 3.63) is 35.1 Å². The first-order valence-electron chi connectivity index (χ1n) is 5.19. The smallest absolute Gasteiger partial charge is 0.126 e. The summed E-state index contributed by atoms with van der Waals surface area (Å²) in [5.41, 5.74) is 0.741. The van der Waals surface area contributed by atoms with Crippen molar-refractivity contribution < 1.29 is 9.50 Å². The lowest BCUT2D eigenvalue weighted by atomic mass is 9.87. The second-order valence-electron chi connectivity index (χ2n) is 4.11. The number of rotatable bonds is 1. The molecule has 0 radical (unpaired) electrons.